The van der Waals surface area contributed by atoms with E-state index in [4.69, 9.17) is 0 Å². The van der Waals surface area contributed by atoms with E-state index in [1.54, 1.807) is 6.07 Å². The lowest BCUT2D eigenvalue weighted by Gasteiger charge is -2.14. The molecule has 1 aromatic carbocycles. The Bertz CT molecular complexity index is 625. The van der Waals surface area contributed by atoms with Crippen LogP contribution in [-0.2, 0) is 16.6 Å². The van der Waals surface area contributed by atoms with Gasteiger partial charge in [-0.3, -0.25) is 0 Å². The molecule has 1 unspecified atom stereocenters. The molecule has 2 fully saturated rings. The Kier molecular flexibility index (Phi) is 4.03. The number of sulfonamides is 1. The van der Waals surface area contributed by atoms with Gasteiger partial charge in [-0.05, 0) is 56.2 Å². The molecule has 3 rings (SSSR count). The number of benzene rings is 1. The average molecular weight is 312 g/mol. The van der Waals surface area contributed by atoms with Crippen LogP contribution in [0, 0.1) is 11.7 Å². The van der Waals surface area contributed by atoms with Crippen LogP contribution in [-0.4, -0.2) is 20.5 Å². The third kappa shape index (κ3) is 3.81. The molecule has 0 aliphatic heterocycles. The third-order valence-electron chi connectivity index (χ3n) is 4.13. The molecule has 2 aliphatic rings. The molecular weight excluding hydrogens is 291 g/mol. The normalized spacial score (nSPS) is 20.5. The summed E-state index contributed by atoms with van der Waals surface area (Å²) in [5.74, 6) is -0.287. The molecule has 0 radical (unpaired) electrons. The van der Waals surface area contributed by atoms with Crippen molar-refractivity contribution in [2.75, 3.05) is 0 Å². The van der Waals surface area contributed by atoms with Gasteiger partial charge in [-0.15, -0.1) is 0 Å². The van der Waals surface area contributed by atoms with E-state index in [-0.39, 0.29) is 10.9 Å². The summed E-state index contributed by atoms with van der Waals surface area (Å²) in [4.78, 5) is -0.259. The van der Waals surface area contributed by atoms with Crippen LogP contribution in [0.2, 0.25) is 0 Å². The second-order valence-corrected chi connectivity index (χ2v) is 7.85. The molecule has 2 N–H and O–H groups in total. The van der Waals surface area contributed by atoms with Gasteiger partial charge < -0.3 is 5.32 Å². The molecule has 0 aromatic heterocycles. The monoisotopic (exact) mass is 312 g/mol. The molecule has 0 amide bonds. The molecule has 6 heteroatoms. The molecule has 2 saturated carbocycles. The minimum Gasteiger partial charge on any atom is -0.310 e. The van der Waals surface area contributed by atoms with Crippen molar-refractivity contribution in [2.45, 2.75) is 56.1 Å². The van der Waals surface area contributed by atoms with Crippen molar-refractivity contribution >= 4 is 10.0 Å². The zero-order chi connectivity index (χ0) is 15.0. The van der Waals surface area contributed by atoms with Gasteiger partial charge >= 0.3 is 0 Å². The first-order valence-corrected chi connectivity index (χ1v) is 8.98. The van der Waals surface area contributed by atoms with E-state index >= 15 is 0 Å². The van der Waals surface area contributed by atoms with Crippen molar-refractivity contribution in [3.63, 3.8) is 0 Å². The molecule has 0 saturated heterocycles. The highest BCUT2D eigenvalue weighted by atomic mass is 32.2. The molecule has 2 aliphatic carbocycles. The average Bonchev–Trinajstić information content (AvgIpc) is 3.28. The van der Waals surface area contributed by atoms with Crippen LogP contribution in [0.25, 0.3) is 0 Å². The van der Waals surface area contributed by atoms with Gasteiger partial charge in [-0.2, -0.15) is 0 Å². The summed E-state index contributed by atoms with van der Waals surface area (Å²) in [6.07, 6.45) is 4.41. The van der Waals surface area contributed by atoms with Gasteiger partial charge in [0.1, 0.15) is 10.7 Å². The fraction of sp³-hybridized carbons (Fsp3) is 0.600. The molecule has 4 nitrogen and oxygen atoms in total. The maximum atomic E-state index is 14.1. The van der Waals surface area contributed by atoms with Gasteiger partial charge in [0.25, 0.3) is 0 Å². The standard InChI is InChI=1S/C15H21FN2O2S/c1-10(12-3-4-12)18-21(19,20)15-7-2-11(8-14(15)16)9-17-13-5-6-13/h2,7-8,10,12-13,17-18H,3-6,9H2,1H3. The summed E-state index contributed by atoms with van der Waals surface area (Å²) in [5.41, 5.74) is 0.772. The largest absolute Gasteiger partial charge is 0.310 e. The summed E-state index contributed by atoms with van der Waals surface area (Å²) >= 11 is 0. The van der Waals surface area contributed by atoms with Crippen LogP contribution in [0.4, 0.5) is 4.39 Å². The highest BCUT2D eigenvalue weighted by molar-refractivity contribution is 7.89. The van der Waals surface area contributed by atoms with E-state index in [1.165, 1.54) is 12.1 Å². The summed E-state index contributed by atoms with van der Waals surface area (Å²) in [6, 6.07) is 4.75. The van der Waals surface area contributed by atoms with Gasteiger partial charge in [0, 0.05) is 18.6 Å². The number of hydrogen-bond acceptors (Lipinski definition) is 3. The van der Waals surface area contributed by atoms with Crippen molar-refractivity contribution in [1.29, 1.82) is 0 Å². The minimum atomic E-state index is -3.78. The first-order chi connectivity index (χ1) is 9.95. The SMILES string of the molecule is CC(NS(=O)(=O)c1ccc(CNC2CC2)cc1F)C1CC1. The molecule has 1 aromatic rings. The van der Waals surface area contributed by atoms with Gasteiger partial charge in [0.2, 0.25) is 10.0 Å². The molecule has 1 atom stereocenters. The predicted octanol–water partition coefficient (Wildman–Crippen LogP) is 2.15. The van der Waals surface area contributed by atoms with Gasteiger partial charge in [0.15, 0.2) is 0 Å². The van der Waals surface area contributed by atoms with Crippen LogP contribution in [0.15, 0.2) is 23.1 Å². The fourth-order valence-corrected chi connectivity index (χ4v) is 3.79. The third-order valence-corrected chi connectivity index (χ3v) is 5.72. The van der Waals surface area contributed by atoms with Crippen LogP contribution in [0.3, 0.4) is 0 Å². The van der Waals surface area contributed by atoms with Gasteiger partial charge in [-0.25, -0.2) is 17.5 Å². The molecule has 21 heavy (non-hydrogen) atoms. The molecule has 0 bridgehead atoms. The fourth-order valence-electron chi connectivity index (χ4n) is 2.42. The summed E-state index contributed by atoms with van der Waals surface area (Å²) in [7, 11) is -3.78. The lowest BCUT2D eigenvalue weighted by molar-refractivity contribution is 0.525. The Morgan fingerprint density at radius 2 is 2.00 bits per heavy atom. The van der Waals surface area contributed by atoms with Gasteiger partial charge in [0.05, 0.1) is 0 Å². The minimum absolute atomic E-state index is 0.134. The maximum Gasteiger partial charge on any atom is 0.243 e. The second kappa shape index (κ2) is 5.66. The topological polar surface area (TPSA) is 58.2 Å². The maximum absolute atomic E-state index is 14.1. The van der Waals surface area contributed by atoms with E-state index in [9.17, 15) is 12.8 Å². The van der Waals surface area contributed by atoms with Crippen LogP contribution >= 0.6 is 0 Å². The zero-order valence-corrected chi connectivity index (χ0v) is 12.9. The molecular formula is C15H21FN2O2S. The quantitative estimate of drug-likeness (QED) is 0.811. The highest BCUT2D eigenvalue weighted by Gasteiger charge is 2.32. The van der Waals surface area contributed by atoms with E-state index in [0.717, 1.165) is 31.2 Å². The Balaban J connectivity index is 1.70. The first kappa shape index (κ1) is 14.9. The molecule has 116 valence electrons. The highest BCUT2D eigenvalue weighted by Crippen LogP contribution is 2.33. The van der Waals surface area contributed by atoms with Crippen molar-refractivity contribution in [2.24, 2.45) is 5.92 Å². The van der Waals surface area contributed by atoms with Crippen LogP contribution < -0.4 is 10.0 Å². The Morgan fingerprint density at radius 1 is 1.29 bits per heavy atom. The predicted molar refractivity (Wildman–Crippen MR) is 78.8 cm³/mol. The Hall–Kier alpha value is -0.980. The van der Waals surface area contributed by atoms with Crippen molar-refractivity contribution in [1.82, 2.24) is 10.0 Å². The lowest BCUT2D eigenvalue weighted by Crippen LogP contribution is -2.34. The van der Waals surface area contributed by atoms with Crippen LogP contribution in [0.1, 0.15) is 38.2 Å². The van der Waals surface area contributed by atoms with Crippen molar-refractivity contribution < 1.29 is 12.8 Å². The lowest BCUT2D eigenvalue weighted by atomic mass is 10.2. The number of rotatable bonds is 7. The van der Waals surface area contributed by atoms with E-state index in [0.29, 0.717) is 18.5 Å². The number of nitrogens with one attached hydrogen (secondary N) is 2. The first-order valence-electron chi connectivity index (χ1n) is 7.50. The number of halogens is 1. The Morgan fingerprint density at radius 3 is 2.57 bits per heavy atom. The van der Waals surface area contributed by atoms with Crippen molar-refractivity contribution in [3.05, 3.63) is 29.6 Å². The molecule has 0 spiro atoms. The van der Waals surface area contributed by atoms with Crippen LogP contribution in [0.5, 0.6) is 0 Å². The smallest absolute Gasteiger partial charge is 0.243 e. The summed E-state index contributed by atoms with van der Waals surface area (Å²) in [5, 5.41) is 3.28. The summed E-state index contributed by atoms with van der Waals surface area (Å²) in [6.45, 7) is 2.41. The zero-order valence-electron chi connectivity index (χ0n) is 12.1. The van der Waals surface area contributed by atoms with Gasteiger partial charge in [-0.1, -0.05) is 6.07 Å². The Labute approximate surface area is 125 Å². The summed E-state index contributed by atoms with van der Waals surface area (Å²) < 4.78 is 41.1. The van der Waals surface area contributed by atoms with E-state index < -0.39 is 15.8 Å². The van der Waals surface area contributed by atoms with E-state index in [2.05, 4.69) is 10.0 Å². The van der Waals surface area contributed by atoms with Crippen molar-refractivity contribution in [3.8, 4) is 0 Å². The molecule has 0 heterocycles. The number of hydrogen-bond donors (Lipinski definition) is 2. The second-order valence-electron chi connectivity index (χ2n) is 6.17. The van der Waals surface area contributed by atoms with E-state index in [1.807, 2.05) is 6.92 Å².